The van der Waals surface area contributed by atoms with E-state index in [0.717, 1.165) is 5.69 Å². The van der Waals surface area contributed by atoms with E-state index in [9.17, 15) is 4.79 Å². The predicted octanol–water partition coefficient (Wildman–Crippen LogP) is 5.84. The van der Waals surface area contributed by atoms with E-state index < -0.39 is 6.17 Å². The van der Waals surface area contributed by atoms with Crippen molar-refractivity contribution in [1.29, 1.82) is 0 Å². The molecule has 4 rings (SSSR count). The van der Waals surface area contributed by atoms with E-state index in [0.29, 0.717) is 43.3 Å². The molecule has 10 heteroatoms. The van der Waals surface area contributed by atoms with E-state index in [2.05, 4.69) is 10.6 Å². The molecule has 1 amide bonds. The van der Waals surface area contributed by atoms with Crippen LogP contribution in [0.4, 0.5) is 17.1 Å². The first-order chi connectivity index (χ1) is 16.7. The lowest BCUT2D eigenvalue weighted by atomic mass is 10.00. The van der Waals surface area contributed by atoms with Crippen molar-refractivity contribution >= 4 is 80.8 Å². The molecule has 3 aromatic carbocycles. The van der Waals surface area contributed by atoms with Gasteiger partial charge in [0.15, 0.2) is 5.11 Å². The van der Waals surface area contributed by atoms with E-state index >= 15 is 0 Å². The molecule has 0 bridgehead atoms. The zero-order chi connectivity index (χ0) is 25.3. The number of benzodiazepines with no additional fused rings is 1. The summed E-state index contributed by atoms with van der Waals surface area (Å²) in [7, 11) is 5.51. The topological polar surface area (TPSA) is 60.0 Å². The first kappa shape index (κ1) is 25.3. The molecule has 0 aliphatic carbocycles. The van der Waals surface area contributed by atoms with Crippen molar-refractivity contribution in [3.63, 3.8) is 0 Å². The Bertz CT molecular complexity index is 1340. The number of nitrogens with one attached hydrogen (secondary N) is 2. The van der Waals surface area contributed by atoms with E-state index in [4.69, 9.17) is 52.0 Å². The van der Waals surface area contributed by atoms with Crippen LogP contribution in [0.5, 0.6) is 0 Å². The molecule has 3 aromatic rings. The molecule has 1 aliphatic heterocycles. The van der Waals surface area contributed by atoms with E-state index in [1.54, 1.807) is 37.4 Å². The first-order valence-corrected chi connectivity index (χ1v) is 12.1. The van der Waals surface area contributed by atoms with Gasteiger partial charge in [0.25, 0.3) is 5.91 Å². The summed E-state index contributed by atoms with van der Waals surface area (Å²) < 4.78 is 0. The third kappa shape index (κ3) is 5.38. The van der Waals surface area contributed by atoms with Crippen LogP contribution in [0.1, 0.15) is 11.1 Å². The Morgan fingerprint density at radius 3 is 2.43 bits per heavy atom. The zero-order valence-electron chi connectivity index (χ0n) is 19.1. The highest BCUT2D eigenvalue weighted by atomic mass is 35.5. The van der Waals surface area contributed by atoms with Gasteiger partial charge in [-0.15, -0.1) is 0 Å². The molecule has 0 fully saturated rings. The Labute approximate surface area is 224 Å². The van der Waals surface area contributed by atoms with Gasteiger partial charge in [0.1, 0.15) is 0 Å². The molecular formula is C25H22Cl3N5OS. The van der Waals surface area contributed by atoms with Crippen molar-refractivity contribution in [3.05, 3.63) is 86.9 Å². The summed E-state index contributed by atoms with van der Waals surface area (Å²) in [4.78, 5) is 21.6. The van der Waals surface area contributed by atoms with Gasteiger partial charge in [0, 0.05) is 48.0 Å². The van der Waals surface area contributed by atoms with Gasteiger partial charge in [0.2, 0.25) is 6.17 Å². The summed E-state index contributed by atoms with van der Waals surface area (Å²) in [5.41, 5.74) is 4.12. The van der Waals surface area contributed by atoms with Crippen LogP contribution in [0.25, 0.3) is 0 Å². The number of hydrogen-bond acceptors (Lipinski definition) is 4. The summed E-state index contributed by atoms with van der Waals surface area (Å²) >= 11 is 24.7. The van der Waals surface area contributed by atoms with Crippen molar-refractivity contribution in [2.45, 2.75) is 6.17 Å². The highest BCUT2D eigenvalue weighted by molar-refractivity contribution is 7.80. The van der Waals surface area contributed by atoms with Gasteiger partial charge >= 0.3 is 0 Å². The Kier molecular flexibility index (Phi) is 7.52. The number of likely N-dealkylation sites (N-methyl/N-ethyl adjacent to an activating group) is 1. The minimum Gasteiger partial charge on any atom is -0.376 e. The standard InChI is InChI=1S/C25H22Cl3N5OS/c1-32(2)21-11-9-15(13-19(21)28)29-25(35)31-23-24(34)33(3)20-10-8-14(26)12-17(20)22(30-23)16-6-4-5-7-18(16)27/h4-13,23H,1-3H3,(H2,29,31,35). The summed E-state index contributed by atoms with van der Waals surface area (Å²) in [6.45, 7) is 0. The second-order valence-electron chi connectivity index (χ2n) is 8.08. The maximum absolute atomic E-state index is 13.4. The molecule has 6 nitrogen and oxygen atoms in total. The number of rotatable bonds is 4. The average Bonchev–Trinajstić information content (AvgIpc) is 2.89. The molecule has 0 radical (unpaired) electrons. The van der Waals surface area contributed by atoms with Gasteiger partial charge < -0.3 is 20.4 Å². The number of amides is 1. The predicted molar refractivity (Wildman–Crippen MR) is 151 cm³/mol. The van der Waals surface area contributed by atoms with Crippen molar-refractivity contribution in [1.82, 2.24) is 5.32 Å². The number of thiocarbonyl (C=S) groups is 1. The first-order valence-electron chi connectivity index (χ1n) is 10.6. The zero-order valence-corrected chi connectivity index (χ0v) is 22.2. The van der Waals surface area contributed by atoms with Gasteiger partial charge in [-0.05, 0) is 54.7 Å². The monoisotopic (exact) mass is 545 g/mol. The minimum absolute atomic E-state index is 0.219. The fourth-order valence-corrected chi connectivity index (χ4v) is 4.72. The van der Waals surface area contributed by atoms with Crippen LogP contribution in [0, 0.1) is 0 Å². The molecule has 1 unspecified atom stereocenters. The van der Waals surface area contributed by atoms with Crippen LogP contribution in [-0.4, -0.2) is 44.0 Å². The number of hydrogen-bond donors (Lipinski definition) is 2. The second-order valence-corrected chi connectivity index (χ2v) is 9.74. The van der Waals surface area contributed by atoms with E-state index in [1.165, 1.54) is 4.90 Å². The van der Waals surface area contributed by atoms with Gasteiger partial charge in [-0.2, -0.15) is 0 Å². The second kappa shape index (κ2) is 10.4. The molecule has 180 valence electrons. The summed E-state index contributed by atoms with van der Waals surface area (Å²) in [6, 6.07) is 18.1. The maximum Gasteiger partial charge on any atom is 0.272 e. The Hall–Kier alpha value is -2.84. The minimum atomic E-state index is -1.01. The molecule has 1 heterocycles. The molecule has 0 saturated carbocycles. The number of aliphatic imine (C=N–C) groups is 1. The molecule has 35 heavy (non-hydrogen) atoms. The number of benzene rings is 3. The van der Waals surface area contributed by atoms with E-state index in [1.807, 2.05) is 49.3 Å². The lowest BCUT2D eigenvalue weighted by Crippen LogP contribution is -2.47. The van der Waals surface area contributed by atoms with Crippen LogP contribution in [0.3, 0.4) is 0 Å². The molecule has 2 N–H and O–H groups in total. The van der Waals surface area contributed by atoms with Gasteiger partial charge in [0.05, 0.1) is 22.1 Å². The van der Waals surface area contributed by atoms with E-state index in [-0.39, 0.29) is 11.0 Å². The molecule has 0 saturated heterocycles. The summed E-state index contributed by atoms with van der Waals surface area (Å²) in [6.07, 6.45) is -1.01. The quantitative estimate of drug-likeness (QED) is 0.403. The van der Waals surface area contributed by atoms with Crippen LogP contribution < -0.4 is 20.4 Å². The molecular weight excluding hydrogens is 525 g/mol. The third-order valence-electron chi connectivity index (χ3n) is 5.48. The third-order valence-corrected chi connectivity index (χ3v) is 6.57. The van der Waals surface area contributed by atoms with Gasteiger partial charge in [-0.3, -0.25) is 4.79 Å². The van der Waals surface area contributed by atoms with Crippen LogP contribution in [-0.2, 0) is 4.79 Å². The normalized spacial score (nSPS) is 15.1. The van der Waals surface area contributed by atoms with Crippen LogP contribution in [0.15, 0.2) is 65.7 Å². The lowest BCUT2D eigenvalue weighted by molar-refractivity contribution is -0.119. The lowest BCUT2D eigenvalue weighted by Gasteiger charge is -2.22. The number of nitrogens with zero attached hydrogens (tertiary/aromatic N) is 3. The average molecular weight is 547 g/mol. The van der Waals surface area contributed by atoms with Gasteiger partial charge in [-0.1, -0.05) is 53.0 Å². The number of halogens is 3. The van der Waals surface area contributed by atoms with Crippen molar-refractivity contribution in [2.24, 2.45) is 4.99 Å². The van der Waals surface area contributed by atoms with Crippen LogP contribution >= 0.6 is 47.0 Å². The Morgan fingerprint density at radius 2 is 1.74 bits per heavy atom. The molecule has 1 atom stereocenters. The fourth-order valence-electron chi connectivity index (χ4n) is 3.75. The maximum atomic E-state index is 13.4. The fraction of sp³-hybridized carbons (Fsp3) is 0.160. The largest absolute Gasteiger partial charge is 0.376 e. The number of carbonyl (C=O) groups excluding carboxylic acids is 1. The highest BCUT2D eigenvalue weighted by Gasteiger charge is 2.31. The van der Waals surface area contributed by atoms with Crippen molar-refractivity contribution < 1.29 is 4.79 Å². The number of fused-ring (bicyclic) bond motifs is 1. The molecule has 0 spiro atoms. The SMILES string of the molecule is CN(C)c1ccc(NC(=S)NC2N=C(c3ccccc3Cl)c3cc(Cl)ccc3N(C)C2=O)cc1Cl. The van der Waals surface area contributed by atoms with Crippen molar-refractivity contribution in [3.8, 4) is 0 Å². The number of carbonyl (C=O) groups is 1. The highest BCUT2D eigenvalue weighted by Crippen LogP contribution is 2.32. The molecule has 0 aromatic heterocycles. The number of anilines is 3. The van der Waals surface area contributed by atoms with Crippen LogP contribution in [0.2, 0.25) is 15.1 Å². The van der Waals surface area contributed by atoms with Crippen molar-refractivity contribution in [2.75, 3.05) is 36.3 Å². The summed E-state index contributed by atoms with van der Waals surface area (Å²) in [5.74, 6) is -0.291. The van der Waals surface area contributed by atoms with Gasteiger partial charge in [-0.25, -0.2) is 4.99 Å². The molecule has 1 aliphatic rings. The smallest absolute Gasteiger partial charge is 0.272 e. The summed E-state index contributed by atoms with van der Waals surface area (Å²) in [5, 5.41) is 7.91. The Balaban J connectivity index is 1.69. The Morgan fingerprint density at radius 1 is 1.00 bits per heavy atom.